The molecule has 6 nitrogen and oxygen atoms in total. The summed E-state index contributed by atoms with van der Waals surface area (Å²) in [4.78, 5) is 28.0. The first-order chi connectivity index (χ1) is 14.6. The smallest absolute Gasteiger partial charge is 0.261 e. The minimum atomic E-state index is -0.480. The zero-order valence-corrected chi connectivity index (χ0v) is 16.8. The molecule has 154 valence electrons. The number of nitrogens with zero attached hydrogens (tertiary/aromatic N) is 4. The Morgan fingerprint density at radius 1 is 1.20 bits per heavy atom. The summed E-state index contributed by atoms with van der Waals surface area (Å²) in [5, 5.41) is 0. The number of aryl methyl sites for hydroxylation is 1. The topological polar surface area (TPSA) is 68.2 Å². The second-order valence-electron chi connectivity index (χ2n) is 7.27. The van der Waals surface area contributed by atoms with Gasteiger partial charge in [0.25, 0.3) is 5.91 Å². The van der Waals surface area contributed by atoms with Crippen LogP contribution in [0.1, 0.15) is 36.8 Å². The number of rotatable bonds is 5. The lowest BCUT2D eigenvalue weighted by molar-refractivity contribution is -0.137. The van der Waals surface area contributed by atoms with Crippen molar-refractivity contribution in [2.45, 2.75) is 32.2 Å². The molecule has 0 unspecified atom stereocenters. The van der Waals surface area contributed by atoms with Gasteiger partial charge in [-0.05, 0) is 56.0 Å². The number of likely N-dealkylation sites (tertiary alicyclic amines) is 1. The van der Waals surface area contributed by atoms with Crippen LogP contribution in [0.25, 0.3) is 11.1 Å². The summed E-state index contributed by atoms with van der Waals surface area (Å²) in [5.74, 6) is 0.0740. The van der Waals surface area contributed by atoms with Crippen LogP contribution in [0.3, 0.4) is 0 Å². The third-order valence-electron chi connectivity index (χ3n) is 5.26. The van der Waals surface area contributed by atoms with Gasteiger partial charge in [-0.1, -0.05) is 12.1 Å². The summed E-state index contributed by atoms with van der Waals surface area (Å²) in [5.41, 5.74) is 2.68. The summed E-state index contributed by atoms with van der Waals surface area (Å²) >= 11 is 0. The molecule has 0 aliphatic carbocycles. The number of carbonyl (C=O) groups is 1. The van der Waals surface area contributed by atoms with E-state index < -0.39 is 5.82 Å². The van der Waals surface area contributed by atoms with Crippen LogP contribution in [-0.2, 0) is 4.79 Å². The summed E-state index contributed by atoms with van der Waals surface area (Å²) < 4.78 is 19.3. The molecule has 7 heteroatoms. The first-order valence-corrected chi connectivity index (χ1v) is 10.0. The zero-order chi connectivity index (χ0) is 20.9. The normalized spacial score (nSPS) is 16.3. The maximum atomic E-state index is 13.8. The van der Waals surface area contributed by atoms with Crippen LogP contribution in [0, 0.1) is 12.7 Å². The van der Waals surface area contributed by atoms with E-state index in [0.29, 0.717) is 12.4 Å². The van der Waals surface area contributed by atoms with Crippen LogP contribution in [0.5, 0.6) is 5.75 Å². The second-order valence-corrected chi connectivity index (χ2v) is 7.27. The lowest BCUT2D eigenvalue weighted by Crippen LogP contribution is -2.41. The molecule has 2 aromatic heterocycles. The van der Waals surface area contributed by atoms with E-state index in [-0.39, 0.29) is 24.3 Å². The molecule has 1 aliphatic rings. The van der Waals surface area contributed by atoms with Crippen LogP contribution in [0.2, 0.25) is 0 Å². The Kier molecular flexibility index (Phi) is 5.97. The molecular formula is C23H23FN4O2. The molecule has 0 saturated carbocycles. The zero-order valence-electron chi connectivity index (χ0n) is 16.8. The van der Waals surface area contributed by atoms with Crippen molar-refractivity contribution in [2.75, 3.05) is 13.2 Å². The van der Waals surface area contributed by atoms with E-state index in [1.165, 1.54) is 12.1 Å². The minimum absolute atomic E-state index is 0.0785. The van der Waals surface area contributed by atoms with Gasteiger partial charge >= 0.3 is 0 Å². The van der Waals surface area contributed by atoms with Gasteiger partial charge in [0.1, 0.15) is 5.82 Å². The Balaban J connectivity index is 1.60. The predicted octanol–water partition coefficient (Wildman–Crippen LogP) is 4.12. The van der Waals surface area contributed by atoms with E-state index in [2.05, 4.69) is 9.97 Å². The molecule has 1 atom stereocenters. The van der Waals surface area contributed by atoms with Gasteiger partial charge < -0.3 is 9.64 Å². The molecule has 30 heavy (non-hydrogen) atoms. The van der Waals surface area contributed by atoms with Gasteiger partial charge in [0, 0.05) is 30.7 Å². The number of amides is 1. The Morgan fingerprint density at radius 2 is 2.00 bits per heavy atom. The Labute approximate surface area is 174 Å². The van der Waals surface area contributed by atoms with Crippen molar-refractivity contribution >= 4 is 5.91 Å². The standard InChI is InChI=1S/C23H23FN4O2/c1-16-26-14-18(17-9-11-25-12-10-17)23(27-16)20-7-4-5-13-28(20)22(29)15-30-21-8-3-2-6-19(21)24/h2-3,6,8-12,14,20H,4-5,7,13,15H2,1H3/t20-/m1/s1. The number of benzene rings is 1. The first-order valence-electron chi connectivity index (χ1n) is 10.0. The highest BCUT2D eigenvalue weighted by Crippen LogP contribution is 2.35. The van der Waals surface area contributed by atoms with Gasteiger partial charge in [0.15, 0.2) is 18.2 Å². The predicted molar refractivity (Wildman–Crippen MR) is 110 cm³/mol. The van der Waals surface area contributed by atoms with E-state index in [4.69, 9.17) is 9.72 Å². The van der Waals surface area contributed by atoms with Crippen molar-refractivity contribution in [3.63, 3.8) is 0 Å². The molecule has 0 spiro atoms. The molecule has 4 rings (SSSR count). The molecule has 0 N–H and O–H groups in total. The number of pyridine rings is 1. The van der Waals surface area contributed by atoms with Crippen LogP contribution >= 0.6 is 0 Å². The van der Waals surface area contributed by atoms with Crippen molar-refractivity contribution in [1.29, 1.82) is 0 Å². The Morgan fingerprint density at radius 3 is 2.80 bits per heavy atom. The molecule has 1 amide bonds. The number of para-hydroxylation sites is 1. The van der Waals surface area contributed by atoms with E-state index in [1.54, 1.807) is 35.6 Å². The summed E-state index contributed by atoms with van der Waals surface area (Å²) in [6.07, 6.45) is 7.98. The summed E-state index contributed by atoms with van der Waals surface area (Å²) in [6.45, 7) is 2.24. The van der Waals surface area contributed by atoms with Crippen molar-refractivity contribution in [3.8, 4) is 16.9 Å². The van der Waals surface area contributed by atoms with Gasteiger partial charge in [-0.2, -0.15) is 0 Å². The first kappa shape index (κ1) is 19.9. The largest absolute Gasteiger partial charge is 0.481 e. The number of piperidine rings is 1. The number of carbonyl (C=O) groups excluding carboxylic acids is 1. The van der Waals surface area contributed by atoms with Gasteiger partial charge in [-0.15, -0.1) is 0 Å². The molecule has 1 fully saturated rings. The molecule has 0 radical (unpaired) electrons. The van der Waals surface area contributed by atoms with E-state index in [9.17, 15) is 9.18 Å². The van der Waals surface area contributed by atoms with E-state index in [0.717, 1.165) is 36.1 Å². The number of ether oxygens (including phenoxy) is 1. The fraction of sp³-hybridized carbons (Fsp3) is 0.304. The number of hydrogen-bond acceptors (Lipinski definition) is 5. The number of aromatic nitrogens is 3. The molecule has 1 aliphatic heterocycles. The van der Waals surface area contributed by atoms with Crippen LogP contribution in [0.4, 0.5) is 4.39 Å². The Bertz CT molecular complexity index is 1030. The van der Waals surface area contributed by atoms with Gasteiger partial charge in [-0.3, -0.25) is 9.78 Å². The van der Waals surface area contributed by atoms with Crippen molar-refractivity contribution in [2.24, 2.45) is 0 Å². The van der Waals surface area contributed by atoms with Crippen molar-refractivity contribution in [1.82, 2.24) is 19.9 Å². The van der Waals surface area contributed by atoms with Gasteiger partial charge in [0.05, 0.1) is 11.7 Å². The SMILES string of the molecule is Cc1ncc(-c2ccncc2)c([C@H]2CCCCN2C(=O)COc2ccccc2F)n1. The third-order valence-corrected chi connectivity index (χ3v) is 5.26. The molecule has 0 bridgehead atoms. The fourth-order valence-electron chi connectivity index (χ4n) is 3.79. The molecular weight excluding hydrogens is 383 g/mol. The van der Waals surface area contributed by atoms with Crippen molar-refractivity contribution in [3.05, 3.63) is 72.3 Å². The highest BCUT2D eigenvalue weighted by molar-refractivity contribution is 5.79. The van der Waals surface area contributed by atoms with Gasteiger partial charge in [-0.25, -0.2) is 14.4 Å². The number of hydrogen-bond donors (Lipinski definition) is 0. The van der Waals surface area contributed by atoms with Gasteiger partial charge in [0.2, 0.25) is 0 Å². The van der Waals surface area contributed by atoms with Crippen LogP contribution in [0.15, 0.2) is 55.0 Å². The fourth-order valence-corrected chi connectivity index (χ4v) is 3.79. The maximum Gasteiger partial charge on any atom is 0.261 e. The maximum absolute atomic E-state index is 13.8. The van der Waals surface area contributed by atoms with Crippen LogP contribution in [-0.4, -0.2) is 38.9 Å². The van der Waals surface area contributed by atoms with E-state index >= 15 is 0 Å². The quantitative estimate of drug-likeness (QED) is 0.638. The lowest BCUT2D eigenvalue weighted by Gasteiger charge is -2.36. The highest BCUT2D eigenvalue weighted by Gasteiger charge is 2.31. The second kappa shape index (κ2) is 8.98. The number of halogens is 1. The molecule has 3 aromatic rings. The average Bonchev–Trinajstić information content (AvgIpc) is 2.79. The molecule has 1 saturated heterocycles. The summed E-state index contributed by atoms with van der Waals surface area (Å²) in [7, 11) is 0. The molecule has 3 heterocycles. The monoisotopic (exact) mass is 406 g/mol. The average molecular weight is 406 g/mol. The highest BCUT2D eigenvalue weighted by atomic mass is 19.1. The van der Waals surface area contributed by atoms with Crippen LogP contribution < -0.4 is 4.74 Å². The van der Waals surface area contributed by atoms with Crippen molar-refractivity contribution < 1.29 is 13.9 Å². The Hall–Kier alpha value is -3.35. The third kappa shape index (κ3) is 4.30. The lowest BCUT2D eigenvalue weighted by atomic mass is 9.94. The summed E-state index contributed by atoms with van der Waals surface area (Å²) in [6, 6.07) is 9.74. The van der Waals surface area contributed by atoms with E-state index in [1.807, 2.05) is 19.1 Å². The molecule has 1 aromatic carbocycles. The minimum Gasteiger partial charge on any atom is -0.481 e.